The molecule has 1 aromatic carbocycles. The first kappa shape index (κ1) is 21.7. The first-order chi connectivity index (χ1) is 13.3. The van der Waals surface area contributed by atoms with E-state index in [9.17, 15) is 24.3 Å². The van der Waals surface area contributed by atoms with Crippen LogP contribution in [0.5, 0.6) is 0 Å². The number of nitrogens with zero attached hydrogens (tertiary/aromatic N) is 3. The molecule has 0 aliphatic rings. The van der Waals surface area contributed by atoms with Crippen LogP contribution in [0.4, 0.5) is 0 Å². The third-order valence-corrected chi connectivity index (χ3v) is 6.80. The van der Waals surface area contributed by atoms with E-state index in [-0.39, 0.29) is 63.3 Å². The molecule has 4 aromatic rings. The van der Waals surface area contributed by atoms with Gasteiger partial charge in [0.25, 0.3) is 5.56 Å². The SMILES string of the molecule is CCn1c(=O)n(C)c(=O)c2c(C(=O)[O-])c(Cn3c(=O)sc4ccccc43)sc21.[Na+]. The third-order valence-electron chi connectivity index (χ3n) is 4.64. The first-order valence-corrected chi connectivity index (χ1v) is 10.0. The Labute approximate surface area is 193 Å². The summed E-state index contributed by atoms with van der Waals surface area (Å²) < 4.78 is 4.49. The maximum Gasteiger partial charge on any atom is 1.00 e. The van der Waals surface area contributed by atoms with Crippen LogP contribution in [0.1, 0.15) is 22.2 Å². The van der Waals surface area contributed by atoms with Crippen LogP contribution in [0, 0.1) is 0 Å². The van der Waals surface area contributed by atoms with Crippen molar-refractivity contribution in [1.29, 1.82) is 0 Å². The van der Waals surface area contributed by atoms with Crippen LogP contribution >= 0.6 is 22.7 Å². The molecule has 4 rings (SSSR count). The summed E-state index contributed by atoms with van der Waals surface area (Å²) in [5, 5.41) is 11.8. The van der Waals surface area contributed by atoms with Gasteiger partial charge in [0.15, 0.2) is 0 Å². The zero-order chi connectivity index (χ0) is 20.2. The number of carboxylic acid groups (broad SMARTS) is 1. The Balaban J connectivity index is 0.00000240. The van der Waals surface area contributed by atoms with Crippen molar-refractivity contribution in [2.24, 2.45) is 7.05 Å². The smallest absolute Gasteiger partial charge is 0.545 e. The molecule has 0 amide bonds. The second-order valence-electron chi connectivity index (χ2n) is 6.18. The molecule has 3 aromatic heterocycles. The summed E-state index contributed by atoms with van der Waals surface area (Å²) in [4.78, 5) is 49.7. The number of aryl methyl sites for hydroxylation is 1. The average Bonchev–Trinajstić information content (AvgIpc) is 3.19. The minimum absolute atomic E-state index is 0. The Morgan fingerprint density at radius 2 is 1.79 bits per heavy atom. The molecule has 0 bridgehead atoms. The topological polar surface area (TPSA) is 106 Å². The van der Waals surface area contributed by atoms with Gasteiger partial charge in [-0.1, -0.05) is 23.5 Å². The summed E-state index contributed by atoms with van der Waals surface area (Å²) in [6.45, 7) is 1.99. The molecule has 0 radical (unpaired) electrons. The van der Waals surface area contributed by atoms with Gasteiger partial charge in [-0.05, 0) is 19.1 Å². The second kappa shape index (κ2) is 8.04. The van der Waals surface area contributed by atoms with Crippen molar-refractivity contribution in [2.45, 2.75) is 20.0 Å². The van der Waals surface area contributed by atoms with E-state index in [1.54, 1.807) is 19.1 Å². The van der Waals surface area contributed by atoms with Crippen LogP contribution in [0.25, 0.3) is 20.4 Å². The number of carbonyl (C=O) groups is 1. The normalized spacial score (nSPS) is 11.1. The Hall–Kier alpha value is -1.98. The number of aromatic carboxylic acids is 1. The molecular weight excluding hydrogens is 425 g/mol. The fourth-order valence-electron chi connectivity index (χ4n) is 3.29. The number of thiophene rings is 1. The van der Waals surface area contributed by atoms with Crippen molar-refractivity contribution in [3.05, 3.63) is 65.2 Å². The molecule has 0 atom stereocenters. The summed E-state index contributed by atoms with van der Waals surface area (Å²) in [7, 11) is 1.31. The van der Waals surface area contributed by atoms with Gasteiger partial charge >= 0.3 is 40.1 Å². The number of hydrogen-bond donors (Lipinski definition) is 0. The summed E-state index contributed by atoms with van der Waals surface area (Å²) in [5.74, 6) is -1.51. The number of aromatic nitrogens is 3. The van der Waals surface area contributed by atoms with Gasteiger partial charge in [-0.15, -0.1) is 11.3 Å². The monoisotopic (exact) mass is 439 g/mol. The van der Waals surface area contributed by atoms with Gasteiger partial charge in [0.2, 0.25) is 0 Å². The number of fused-ring (bicyclic) bond motifs is 2. The minimum Gasteiger partial charge on any atom is -0.545 e. The molecule has 8 nitrogen and oxygen atoms in total. The van der Waals surface area contributed by atoms with E-state index in [2.05, 4.69) is 0 Å². The summed E-state index contributed by atoms with van der Waals surface area (Å²) in [6.07, 6.45) is 0. The van der Waals surface area contributed by atoms with E-state index in [0.717, 1.165) is 31.9 Å². The predicted molar refractivity (Wildman–Crippen MR) is 107 cm³/mol. The Bertz CT molecular complexity index is 1440. The summed E-state index contributed by atoms with van der Waals surface area (Å²) in [5.41, 5.74) is -0.783. The standard InChI is InChI=1S/C18H15N3O5S2.Na/c1-3-20-15-13(14(22)19(2)17(20)25)12(16(23)24)11(27-15)8-21-9-6-4-5-7-10(9)28-18(21)26;/h4-7H,3,8H2,1-2H3,(H,23,24);/q;+1/p-1. The molecule has 3 heterocycles. The molecule has 0 saturated carbocycles. The Kier molecular flexibility index (Phi) is 6.02. The van der Waals surface area contributed by atoms with Crippen LogP contribution in [-0.4, -0.2) is 19.7 Å². The molecular formula is C18H14N3NaO5S2. The molecule has 0 N–H and O–H groups in total. The molecule has 0 aliphatic heterocycles. The molecule has 0 fully saturated rings. The number of hydrogen-bond acceptors (Lipinski definition) is 7. The van der Waals surface area contributed by atoms with Crippen molar-refractivity contribution >= 4 is 49.1 Å². The molecule has 29 heavy (non-hydrogen) atoms. The van der Waals surface area contributed by atoms with E-state index in [4.69, 9.17) is 0 Å². The number of rotatable bonds is 4. The number of para-hydroxylation sites is 1. The van der Waals surface area contributed by atoms with Gasteiger partial charge in [0.1, 0.15) is 4.83 Å². The summed E-state index contributed by atoms with van der Waals surface area (Å²) in [6, 6.07) is 7.20. The number of thiazole rings is 1. The van der Waals surface area contributed by atoms with Crippen LogP contribution < -0.4 is 50.8 Å². The average molecular weight is 439 g/mol. The van der Waals surface area contributed by atoms with Crippen LogP contribution in [0.3, 0.4) is 0 Å². The van der Waals surface area contributed by atoms with Gasteiger partial charge < -0.3 is 9.90 Å². The van der Waals surface area contributed by atoms with E-state index in [1.165, 1.54) is 16.2 Å². The van der Waals surface area contributed by atoms with E-state index >= 15 is 0 Å². The fraction of sp³-hybridized carbons (Fsp3) is 0.222. The van der Waals surface area contributed by atoms with E-state index in [0.29, 0.717) is 10.4 Å². The second-order valence-corrected chi connectivity index (χ2v) is 8.26. The molecule has 0 saturated heterocycles. The maximum absolute atomic E-state index is 12.6. The van der Waals surface area contributed by atoms with Crippen LogP contribution in [0.2, 0.25) is 0 Å². The number of carbonyl (C=O) groups excluding carboxylic acids is 1. The van der Waals surface area contributed by atoms with E-state index < -0.39 is 17.2 Å². The van der Waals surface area contributed by atoms with Crippen molar-refractivity contribution in [3.63, 3.8) is 0 Å². The van der Waals surface area contributed by atoms with Gasteiger partial charge in [-0.3, -0.25) is 23.3 Å². The van der Waals surface area contributed by atoms with Gasteiger partial charge in [0, 0.05) is 24.0 Å². The van der Waals surface area contributed by atoms with Crippen molar-refractivity contribution < 1.29 is 39.5 Å². The van der Waals surface area contributed by atoms with Gasteiger partial charge in [0.05, 0.1) is 28.1 Å². The van der Waals surface area contributed by atoms with Gasteiger partial charge in [-0.25, -0.2) is 4.79 Å². The fourth-order valence-corrected chi connectivity index (χ4v) is 5.50. The maximum atomic E-state index is 12.6. The largest absolute Gasteiger partial charge is 1.00 e. The Morgan fingerprint density at radius 1 is 1.10 bits per heavy atom. The Morgan fingerprint density at radius 3 is 2.45 bits per heavy atom. The first-order valence-electron chi connectivity index (χ1n) is 8.40. The number of carboxylic acids is 1. The molecule has 11 heteroatoms. The van der Waals surface area contributed by atoms with Crippen molar-refractivity contribution in [2.75, 3.05) is 0 Å². The quantitative estimate of drug-likeness (QED) is 0.329. The van der Waals surface area contributed by atoms with Crippen molar-refractivity contribution in [3.8, 4) is 0 Å². The zero-order valence-electron chi connectivity index (χ0n) is 15.9. The van der Waals surface area contributed by atoms with Crippen molar-refractivity contribution in [1.82, 2.24) is 13.7 Å². The third kappa shape index (κ3) is 3.34. The molecule has 0 unspecified atom stereocenters. The number of benzene rings is 1. The zero-order valence-corrected chi connectivity index (χ0v) is 19.6. The summed E-state index contributed by atoms with van der Waals surface area (Å²) >= 11 is 2.09. The predicted octanol–water partition coefficient (Wildman–Crippen LogP) is -2.43. The van der Waals surface area contributed by atoms with Gasteiger partial charge in [-0.2, -0.15) is 0 Å². The van der Waals surface area contributed by atoms with Crippen LogP contribution in [0.15, 0.2) is 38.6 Å². The molecule has 0 spiro atoms. The van der Waals surface area contributed by atoms with Crippen LogP contribution in [-0.2, 0) is 20.1 Å². The minimum atomic E-state index is -1.51. The van der Waals surface area contributed by atoms with E-state index in [1.807, 2.05) is 12.1 Å². The molecule has 144 valence electrons. The molecule has 0 aliphatic carbocycles.